The molecule has 0 bridgehead atoms. The molecule has 0 atom stereocenters. The van der Waals surface area contributed by atoms with Crippen LogP contribution in [0.4, 0.5) is 8.78 Å². The predicted octanol–water partition coefficient (Wildman–Crippen LogP) is 2.53. The summed E-state index contributed by atoms with van der Waals surface area (Å²) in [6, 6.07) is 5.10. The molecule has 0 fully saturated rings. The molecule has 0 heterocycles. The van der Waals surface area contributed by atoms with Crippen molar-refractivity contribution >= 4 is 5.91 Å². The SMILES string of the molecule is CC(C)C(F)(F)c1ccc(C(N)=O)cc1. The van der Waals surface area contributed by atoms with Gasteiger partial charge in [0.2, 0.25) is 5.91 Å². The number of rotatable bonds is 3. The molecule has 0 saturated heterocycles. The van der Waals surface area contributed by atoms with E-state index in [1.165, 1.54) is 38.1 Å². The molecule has 4 heteroatoms. The van der Waals surface area contributed by atoms with Crippen LogP contribution in [0.15, 0.2) is 24.3 Å². The molecular weight excluding hydrogens is 200 g/mol. The Morgan fingerprint density at radius 1 is 1.27 bits per heavy atom. The predicted molar refractivity (Wildman–Crippen MR) is 53.7 cm³/mol. The fourth-order valence-electron chi connectivity index (χ4n) is 1.19. The highest BCUT2D eigenvalue weighted by Gasteiger charge is 2.35. The molecule has 82 valence electrons. The monoisotopic (exact) mass is 213 g/mol. The first-order chi connectivity index (χ1) is 6.85. The zero-order valence-electron chi connectivity index (χ0n) is 8.63. The van der Waals surface area contributed by atoms with Gasteiger partial charge in [-0.3, -0.25) is 4.79 Å². The van der Waals surface area contributed by atoms with E-state index in [-0.39, 0.29) is 11.1 Å². The number of benzene rings is 1. The minimum absolute atomic E-state index is 0.0949. The molecule has 15 heavy (non-hydrogen) atoms. The Morgan fingerprint density at radius 2 is 1.73 bits per heavy atom. The molecule has 1 aromatic rings. The molecule has 0 aliphatic heterocycles. The van der Waals surface area contributed by atoms with Crippen molar-refractivity contribution < 1.29 is 13.6 Å². The van der Waals surface area contributed by atoms with E-state index < -0.39 is 17.7 Å². The Bertz CT molecular complexity index is 357. The molecular formula is C11H13F2NO. The van der Waals surface area contributed by atoms with Gasteiger partial charge in [-0.15, -0.1) is 0 Å². The molecule has 0 aliphatic rings. The maximum Gasteiger partial charge on any atom is 0.275 e. The number of nitrogens with two attached hydrogens (primary N) is 1. The van der Waals surface area contributed by atoms with Gasteiger partial charge in [0.1, 0.15) is 0 Å². The fraction of sp³-hybridized carbons (Fsp3) is 0.364. The quantitative estimate of drug-likeness (QED) is 0.823. The zero-order chi connectivity index (χ0) is 11.6. The first kappa shape index (κ1) is 11.6. The van der Waals surface area contributed by atoms with Crippen LogP contribution in [0.5, 0.6) is 0 Å². The smallest absolute Gasteiger partial charge is 0.275 e. The Hall–Kier alpha value is -1.45. The van der Waals surface area contributed by atoms with Crippen molar-refractivity contribution in [3.63, 3.8) is 0 Å². The van der Waals surface area contributed by atoms with Crippen molar-refractivity contribution in [1.29, 1.82) is 0 Å². The number of carbonyl (C=O) groups excluding carboxylic acids is 1. The Balaban J connectivity index is 3.04. The molecule has 1 rings (SSSR count). The van der Waals surface area contributed by atoms with Crippen LogP contribution in [-0.4, -0.2) is 5.91 Å². The molecule has 0 aromatic heterocycles. The summed E-state index contributed by atoms with van der Waals surface area (Å²) in [6.45, 7) is 2.89. The van der Waals surface area contributed by atoms with Gasteiger partial charge in [0.15, 0.2) is 0 Å². The number of alkyl halides is 2. The molecule has 0 saturated carbocycles. The highest BCUT2D eigenvalue weighted by atomic mass is 19.3. The maximum atomic E-state index is 13.5. The number of hydrogen-bond acceptors (Lipinski definition) is 1. The lowest BCUT2D eigenvalue weighted by Crippen LogP contribution is -2.21. The van der Waals surface area contributed by atoms with Gasteiger partial charge in [-0.25, -0.2) is 8.78 Å². The second-order valence-electron chi connectivity index (χ2n) is 3.72. The van der Waals surface area contributed by atoms with Gasteiger partial charge in [-0.1, -0.05) is 26.0 Å². The number of halogens is 2. The third-order valence-electron chi connectivity index (χ3n) is 2.28. The molecule has 1 amide bonds. The normalized spacial score (nSPS) is 11.8. The zero-order valence-corrected chi connectivity index (χ0v) is 8.63. The van der Waals surface area contributed by atoms with Crippen molar-refractivity contribution in [3.05, 3.63) is 35.4 Å². The second kappa shape index (κ2) is 3.96. The minimum Gasteiger partial charge on any atom is -0.366 e. The number of amides is 1. The highest BCUT2D eigenvalue weighted by Crippen LogP contribution is 2.35. The van der Waals surface area contributed by atoms with E-state index in [4.69, 9.17) is 5.73 Å². The van der Waals surface area contributed by atoms with Gasteiger partial charge in [0.25, 0.3) is 5.92 Å². The van der Waals surface area contributed by atoms with Gasteiger partial charge in [0, 0.05) is 17.0 Å². The lowest BCUT2D eigenvalue weighted by atomic mass is 9.97. The summed E-state index contributed by atoms with van der Waals surface area (Å²) < 4.78 is 27.0. The molecule has 2 nitrogen and oxygen atoms in total. The van der Waals surface area contributed by atoms with Crippen LogP contribution in [-0.2, 0) is 5.92 Å². The van der Waals surface area contributed by atoms with Crippen LogP contribution in [0.3, 0.4) is 0 Å². The summed E-state index contributed by atoms with van der Waals surface area (Å²) in [5, 5.41) is 0. The summed E-state index contributed by atoms with van der Waals surface area (Å²) in [6.07, 6.45) is 0. The van der Waals surface area contributed by atoms with E-state index in [9.17, 15) is 13.6 Å². The summed E-state index contributed by atoms with van der Waals surface area (Å²) in [7, 11) is 0. The Labute approximate surface area is 87.1 Å². The standard InChI is InChI=1S/C11H13F2NO/c1-7(2)11(12,13)9-5-3-8(4-6-9)10(14)15/h3-7H,1-2H3,(H2,14,15). The van der Waals surface area contributed by atoms with Crippen LogP contribution in [0.25, 0.3) is 0 Å². The van der Waals surface area contributed by atoms with Gasteiger partial charge in [0.05, 0.1) is 0 Å². The van der Waals surface area contributed by atoms with E-state index >= 15 is 0 Å². The topological polar surface area (TPSA) is 43.1 Å². The summed E-state index contributed by atoms with van der Waals surface area (Å²) in [5.41, 5.74) is 5.15. The van der Waals surface area contributed by atoms with E-state index in [2.05, 4.69) is 0 Å². The van der Waals surface area contributed by atoms with E-state index in [1.807, 2.05) is 0 Å². The first-order valence-corrected chi connectivity index (χ1v) is 4.64. The van der Waals surface area contributed by atoms with Crippen LogP contribution >= 0.6 is 0 Å². The van der Waals surface area contributed by atoms with Crippen LogP contribution < -0.4 is 5.73 Å². The second-order valence-corrected chi connectivity index (χ2v) is 3.72. The van der Waals surface area contributed by atoms with Gasteiger partial charge in [-0.2, -0.15) is 0 Å². The molecule has 0 spiro atoms. The average molecular weight is 213 g/mol. The number of primary amides is 1. The van der Waals surface area contributed by atoms with E-state index in [0.717, 1.165) is 0 Å². The van der Waals surface area contributed by atoms with Crippen molar-refractivity contribution in [2.75, 3.05) is 0 Å². The Morgan fingerprint density at radius 3 is 2.07 bits per heavy atom. The van der Waals surface area contributed by atoms with Crippen LogP contribution in [0.2, 0.25) is 0 Å². The lowest BCUT2D eigenvalue weighted by Gasteiger charge is -2.20. The van der Waals surface area contributed by atoms with Crippen LogP contribution in [0.1, 0.15) is 29.8 Å². The van der Waals surface area contributed by atoms with Crippen molar-refractivity contribution in [1.82, 2.24) is 0 Å². The van der Waals surface area contributed by atoms with Gasteiger partial charge in [-0.05, 0) is 12.1 Å². The van der Waals surface area contributed by atoms with Gasteiger partial charge < -0.3 is 5.73 Å². The highest BCUT2D eigenvalue weighted by molar-refractivity contribution is 5.92. The summed E-state index contributed by atoms with van der Waals surface area (Å²) >= 11 is 0. The van der Waals surface area contributed by atoms with Crippen molar-refractivity contribution in [2.45, 2.75) is 19.8 Å². The molecule has 2 N–H and O–H groups in total. The summed E-state index contributed by atoms with van der Waals surface area (Å²) in [5.74, 6) is -4.28. The molecule has 1 aromatic carbocycles. The largest absolute Gasteiger partial charge is 0.366 e. The van der Waals surface area contributed by atoms with Crippen molar-refractivity contribution in [3.8, 4) is 0 Å². The fourth-order valence-corrected chi connectivity index (χ4v) is 1.19. The minimum atomic E-state index is -2.88. The van der Waals surface area contributed by atoms with Crippen LogP contribution in [0, 0.1) is 5.92 Å². The lowest BCUT2D eigenvalue weighted by molar-refractivity contribution is -0.0513. The number of carbonyl (C=O) groups is 1. The van der Waals surface area contributed by atoms with E-state index in [0.29, 0.717) is 0 Å². The van der Waals surface area contributed by atoms with Crippen molar-refractivity contribution in [2.24, 2.45) is 11.7 Å². The summed E-state index contributed by atoms with van der Waals surface area (Å²) in [4.78, 5) is 10.7. The van der Waals surface area contributed by atoms with Gasteiger partial charge >= 0.3 is 0 Å². The molecule has 0 unspecified atom stereocenters. The number of hydrogen-bond donors (Lipinski definition) is 1. The average Bonchev–Trinajstić information content (AvgIpc) is 2.17. The third-order valence-corrected chi connectivity index (χ3v) is 2.28. The Kier molecular flexibility index (Phi) is 3.07. The first-order valence-electron chi connectivity index (χ1n) is 4.64. The molecule has 0 radical (unpaired) electrons. The molecule has 0 aliphatic carbocycles. The third kappa shape index (κ3) is 2.32. The van der Waals surface area contributed by atoms with E-state index in [1.54, 1.807) is 0 Å². The maximum absolute atomic E-state index is 13.5.